The van der Waals surface area contributed by atoms with E-state index in [0.717, 1.165) is 12.8 Å². The molecule has 0 heterocycles. The summed E-state index contributed by atoms with van der Waals surface area (Å²) in [5.74, 6) is -3.82. The fourth-order valence-electron chi connectivity index (χ4n) is 1.22. The Kier molecular flexibility index (Phi) is 8.19. The molecule has 0 fully saturated rings. The summed E-state index contributed by atoms with van der Waals surface area (Å²) in [6, 6.07) is 0. The highest BCUT2D eigenvalue weighted by Gasteiger charge is 2.27. The van der Waals surface area contributed by atoms with Gasteiger partial charge in [0, 0.05) is 19.9 Å². The SMILES string of the molecule is CC(=O)NCCCCCC(=O)NCC(F)(F)CO. The van der Waals surface area contributed by atoms with Crippen LogP contribution in [0.15, 0.2) is 0 Å². The molecule has 0 aromatic carbocycles. The molecular weight excluding hydrogens is 246 g/mol. The van der Waals surface area contributed by atoms with Crippen molar-refractivity contribution in [2.45, 2.75) is 38.5 Å². The van der Waals surface area contributed by atoms with Crippen molar-refractivity contribution in [2.24, 2.45) is 0 Å². The third-order valence-corrected chi connectivity index (χ3v) is 2.23. The monoisotopic (exact) mass is 266 g/mol. The Labute approximate surface area is 105 Å². The van der Waals surface area contributed by atoms with Gasteiger partial charge < -0.3 is 15.7 Å². The summed E-state index contributed by atoms with van der Waals surface area (Å²) in [7, 11) is 0. The molecule has 0 aliphatic carbocycles. The minimum Gasteiger partial charge on any atom is -0.390 e. The van der Waals surface area contributed by atoms with E-state index in [1.54, 1.807) is 0 Å². The van der Waals surface area contributed by atoms with Crippen molar-refractivity contribution in [3.05, 3.63) is 0 Å². The molecule has 0 unspecified atom stereocenters. The highest BCUT2D eigenvalue weighted by Crippen LogP contribution is 2.10. The van der Waals surface area contributed by atoms with Crippen molar-refractivity contribution in [1.82, 2.24) is 10.6 Å². The van der Waals surface area contributed by atoms with E-state index in [2.05, 4.69) is 10.6 Å². The van der Waals surface area contributed by atoms with Gasteiger partial charge in [-0.2, -0.15) is 0 Å². The quantitative estimate of drug-likeness (QED) is 0.529. The zero-order valence-corrected chi connectivity index (χ0v) is 10.5. The van der Waals surface area contributed by atoms with Crippen LogP contribution in [0.3, 0.4) is 0 Å². The molecule has 0 aromatic heterocycles. The van der Waals surface area contributed by atoms with Crippen LogP contribution in [0.25, 0.3) is 0 Å². The average molecular weight is 266 g/mol. The molecule has 2 amide bonds. The number of aliphatic hydroxyl groups excluding tert-OH is 1. The van der Waals surface area contributed by atoms with E-state index in [4.69, 9.17) is 5.11 Å². The van der Waals surface area contributed by atoms with Crippen molar-refractivity contribution in [3.63, 3.8) is 0 Å². The van der Waals surface area contributed by atoms with E-state index < -0.39 is 25.0 Å². The predicted molar refractivity (Wildman–Crippen MR) is 62.2 cm³/mol. The third-order valence-electron chi connectivity index (χ3n) is 2.23. The Hall–Kier alpha value is -1.24. The molecule has 3 N–H and O–H groups in total. The summed E-state index contributed by atoms with van der Waals surface area (Å²) in [6.45, 7) is -0.132. The van der Waals surface area contributed by atoms with Gasteiger partial charge in [-0.05, 0) is 12.8 Å². The lowest BCUT2D eigenvalue weighted by atomic mass is 10.2. The summed E-state index contributed by atoms with van der Waals surface area (Å²) in [6.07, 6.45) is 2.24. The largest absolute Gasteiger partial charge is 0.390 e. The Morgan fingerprint density at radius 1 is 1.17 bits per heavy atom. The van der Waals surface area contributed by atoms with Gasteiger partial charge in [-0.15, -0.1) is 0 Å². The Morgan fingerprint density at radius 3 is 2.39 bits per heavy atom. The number of carbonyl (C=O) groups is 2. The molecule has 0 saturated carbocycles. The first kappa shape index (κ1) is 16.8. The fraction of sp³-hybridized carbons (Fsp3) is 0.818. The van der Waals surface area contributed by atoms with Gasteiger partial charge >= 0.3 is 0 Å². The number of nitrogens with one attached hydrogen (secondary N) is 2. The van der Waals surface area contributed by atoms with Gasteiger partial charge in [0.05, 0.1) is 6.54 Å². The van der Waals surface area contributed by atoms with Gasteiger partial charge in [-0.3, -0.25) is 9.59 Å². The van der Waals surface area contributed by atoms with Crippen LogP contribution < -0.4 is 10.6 Å². The summed E-state index contributed by atoms with van der Waals surface area (Å²) in [5, 5.41) is 13.0. The molecule has 106 valence electrons. The predicted octanol–water partition coefficient (Wildman–Crippen LogP) is 0.427. The molecule has 0 atom stereocenters. The first-order chi connectivity index (χ1) is 8.37. The fourth-order valence-corrected chi connectivity index (χ4v) is 1.22. The van der Waals surface area contributed by atoms with Crippen LogP contribution in [0.5, 0.6) is 0 Å². The minimum atomic E-state index is -3.26. The molecule has 0 saturated heterocycles. The maximum absolute atomic E-state index is 12.6. The zero-order chi connectivity index (χ0) is 14.0. The highest BCUT2D eigenvalue weighted by atomic mass is 19.3. The number of unbranched alkanes of at least 4 members (excludes halogenated alkanes) is 2. The van der Waals surface area contributed by atoms with Crippen LogP contribution >= 0.6 is 0 Å². The van der Waals surface area contributed by atoms with E-state index in [0.29, 0.717) is 13.0 Å². The van der Waals surface area contributed by atoms with E-state index in [1.165, 1.54) is 6.92 Å². The normalized spacial score (nSPS) is 11.1. The molecule has 0 bridgehead atoms. The van der Waals surface area contributed by atoms with Crippen molar-refractivity contribution in [2.75, 3.05) is 19.7 Å². The molecule has 0 rings (SSSR count). The molecule has 18 heavy (non-hydrogen) atoms. The van der Waals surface area contributed by atoms with Gasteiger partial charge in [0.15, 0.2) is 0 Å². The van der Waals surface area contributed by atoms with Gasteiger partial charge in [0.25, 0.3) is 5.92 Å². The average Bonchev–Trinajstić information content (AvgIpc) is 2.31. The van der Waals surface area contributed by atoms with Crippen molar-refractivity contribution < 1.29 is 23.5 Å². The number of alkyl halides is 2. The number of amides is 2. The summed E-state index contributed by atoms with van der Waals surface area (Å²) in [5.41, 5.74) is 0. The molecule has 0 aromatic rings. The summed E-state index contributed by atoms with van der Waals surface area (Å²) in [4.78, 5) is 21.7. The van der Waals surface area contributed by atoms with Gasteiger partial charge in [-0.1, -0.05) is 6.42 Å². The first-order valence-electron chi connectivity index (χ1n) is 5.87. The summed E-state index contributed by atoms with van der Waals surface area (Å²) >= 11 is 0. The lowest BCUT2D eigenvalue weighted by Gasteiger charge is -2.13. The second-order valence-electron chi connectivity index (χ2n) is 4.08. The van der Waals surface area contributed by atoms with Crippen LogP contribution in [0.4, 0.5) is 8.78 Å². The first-order valence-corrected chi connectivity index (χ1v) is 5.87. The molecule has 0 aliphatic heterocycles. The standard InChI is InChI=1S/C11H20F2N2O3/c1-9(17)14-6-4-2-3-5-10(18)15-7-11(12,13)8-16/h16H,2-8H2,1H3,(H,14,17)(H,15,18). The van der Waals surface area contributed by atoms with E-state index in [1.807, 2.05) is 0 Å². The van der Waals surface area contributed by atoms with E-state index in [9.17, 15) is 18.4 Å². The molecule has 7 heteroatoms. The Morgan fingerprint density at radius 2 is 1.83 bits per heavy atom. The van der Waals surface area contributed by atoms with E-state index >= 15 is 0 Å². The topological polar surface area (TPSA) is 78.4 Å². The number of carbonyl (C=O) groups excluding carboxylic acids is 2. The lowest BCUT2D eigenvalue weighted by Crippen LogP contribution is -2.38. The van der Waals surface area contributed by atoms with Crippen LogP contribution in [0.1, 0.15) is 32.6 Å². The van der Waals surface area contributed by atoms with Crippen LogP contribution in [0, 0.1) is 0 Å². The number of rotatable bonds is 9. The number of hydrogen-bond acceptors (Lipinski definition) is 3. The highest BCUT2D eigenvalue weighted by molar-refractivity contribution is 5.75. The molecule has 0 spiro atoms. The van der Waals surface area contributed by atoms with Crippen molar-refractivity contribution >= 4 is 11.8 Å². The van der Waals surface area contributed by atoms with Crippen molar-refractivity contribution in [1.29, 1.82) is 0 Å². The maximum atomic E-state index is 12.6. The summed E-state index contributed by atoms with van der Waals surface area (Å²) < 4.78 is 25.1. The van der Waals surface area contributed by atoms with Gasteiger partial charge in [-0.25, -0.2) is 8.78 Å². The number of hydrogen-bond donors (Lipinski definition) is 3. The molecule has 0 aliphatic rings. The van der Waals surface area contributed by atoms with Gasteiger partial charge in [0.1, 0.15) is 6.61 Å². The molecular formula is C11H20F2N2O3. The van der Waals surface area contributed by atoms with E-state index in [-0.39, 0.29) is 12.3 Å². The second kappa shape index (κ2) is 8.79. The van der Waals surface area contributed by atoms with Crippen LogP contribution in [0.2, 0.25) is 0 Å². The Balaban J connectivity index is 3.46. The second-order valence-corrected chi connectivity index (χ2v) is 4.08. The van der Waals surface area contributed by atoms with Crippen molar-refractivity contribution in [3.8, 4) is 0 Å². The molecule has 0 radical (unpaired) electrons. The lowest BCUT2D eigenvalue weighted by molar-refractivity contribution is -0.124. The minimum absolute atomic E-state index is 0.0982. The number of halogens is 2. The molecule has 5 nitrogen and oxygen atoms in total. The number of aliphatic hydroxyl groups is 1. The zero-order valence-electron chi connectivity index (χ0n) is 10.5. The van der Waals surface area contributed by atoms with Crippen LogP contribution in [-0.4, -0.2) is 42.5 Å². The smallest absolute Gasteiger partial charge is 0.287 e. The third kappa shape index (κ3) is 9.95. The maximum Gasteiger partial charge on any atom is 0.287 e. The Bertz CT molecular complexity index is 273. The van der Waals surface area contributed by atoms with Crippen LogP contribution in [-0.2, 0) is 9.59 Å². The van der Waals surface area contributed by atoms with Gasteiger partial charge in [0.2, 0.25) is 11.8 Å².